The largest absolute Gasteiger partial charge is 0.316 e. The number of rotatable bonds is 6. The van der Waals surface area contributed by atoms with Gasteiger partial charge in [-0.15, -0.1) is 11.3 Å². The van der Waals surface area contributed by atoms with Gasteiger partial charge in [0.2, 0.25) is 10.0 Å². The molecule has 21 heavy (non-hydrogen) atoms. The first-order valence-electron chi connectivity index (χ1n) is 6.26. The Morgan fingerprint density at radius 3 is 2.67 bits per heavy atom. The molecule has 0 aliphatic rings. The smallest absolute Gasteiger partial charge is 0.242 e. The molecule has 0 unspecified atom stereocenters. The van der Waals surface area contributed by atoms with Crippen molar-refractivity contribution in [3.05, 3.63) is 44.3 Å². The minimum Gasteiger partial charge on any atom is -0.316 e. The lowest BCUT2D eigenvalue weighted by Gasteiger charge is -2.09. The third kappa shape index (κ3) is 4.33. The number of hydrogen-bond donors (Lipinski definition) is 2. The van der Waals surface area contributed by atoms with Crippen LogP contribution in [0, 0.1) is 6.92 Å². The Morgan fingerprint density at radius 1 is 1.33 bits per heavy atom. The molecule has 8 heteroatoms. The molecule has 0 aliphatic carbocycles. The van der Waals surface area contributed by atoms with Crippen molar-refractivity contribution in [1.29, 1.82) is 0 Å². The molecule has 0 saturated heterocycles. The van der Waals surface area contributed by atoms with Crippen LogP contribution in [-0.2, 0) is 23.1 Å². The fourth-order valence-corrected chi connectivity index (χ4v) is 4.55. The van der Waals surface area contributed by atoms with E-state index in [0.717, 1.165) is 16.3 Å². The van der Waals surface area contributed by atoms with Gasteiger partial charge in [-0.05, 0) is 47.6 Å². The highest BCUT2D eigenvalue weighted by atomic mass is 79.9. The van der Waals surface area contributed by atoms with Gasteiger partial charge >= 0.3 is 0 Å². The van der Waals surface area contributed by atoms with Crippen LogP contribution in [0.4, 0.5) is 0 Å². The zero-order chi connectivity index (χ0) is 15.5. The molecule has 1 aromatic heterocycles. The molecule has 114 valence electrons. The van der Waals surface area contributed by atoms with Crippen molar-refractivity contribution >= 4 is 37.3 Å². The summed E-state index contributed by atoms with van der Waals surface area (Å²) in [5.41, 5.74) is 1.74. The summed E-state index contributed by atoms with van der Waals surface area (Å²) in [6.07, 6.45) is 0. The van der Waals surface area contributed by atoms with Crippen LogP contribution >= 0.6 is 27.3 Å². The highest BCUT2D eigenvalue weighted by Gasteiger charge is 2.18. The number of halogens is 1. The number of benzene rings is 1. The number of thiazole rings is 1. The second kappa shape index (κ2) is 6.97. The van der Waals surface area contributed by atoms with Crippen molar-refractivity contribution in [1.82, 2.24) is 15.0 Å². The molecule has 2 rings (SSSR count). The van der Waals surface area contributed by atoms with Gasteiger partial charge in [0.05, 0.1) is 22.1 Å². The third-order valence-electron chi connectivity index (χ3n) is 2.78. The molecule has 2 N–H and O–H groups in total. The van der Waals surface area contributed by atoms with E-state index in [2.05, 4.69) is 31.0 Å². The van der Waals surface area contributed by atoms with Crippen molar-refractivity contribution in [3.8, 4) is 0 Å². The normalized spacial score (nSPS) is 11.8. The fourth-order valence-electron chi connectivity index (χ4n) is 1.81. The van der Waals surface area contributed by atoms with Gasteiger partial charge in [0.1, 0.15) is 0 Å². The van der Waals surface area contributed by atoms with E-state index in [1.807, 2.05) is 19.4 Å². The van der Waals surface area contributed by atoms with E-state index in [0.29, 0.717) is 11.0 Å². The number of hydrogen-bond acceptors (Lipinski definition) is 5. The monoisotopic (exact) mass is 389 g/mol. The maximum absolute atomic E-state index is 12.3. The summed E-state index contributed by atoms with van der Waals surface area (Å²) in [7, 11) is -1.72. The standard InChI is InChI=1S/C13H16BrN3O2S2/c1-9-17-11(8-20-9)7-16-21(18,19)13-4-3-10(6-15-2)5-12(13)14/h3-5,8,15-16H,6-7H2,1-2H3. The maximum atomic E-state index is 12.3. The summed E-state index contributed by atoms with van der Waals surface area (Å²) < 4.78 is 27.8. The molecule has 5 nitrogen and oxygen atoms in total. The maximum Gasteiger partial charge on any atom is 0.242 e. The van der Waals surface area contributed by atoms with Gasteiger partial charge in [-0.25, -0.2) is 18.1 Å². The lowest BCUT2D eigenvalue weighted by molar-refractivity contribution is 0.580. The molecule has 1 heterocycles. The van der Waals surface area contributed by atoms with Gasteiger partial charge in [0.25, 0.3) is 0 Å². The minimum absolute atomic E-state index is 0.192. The van der Waals surface area contributed by atoms with Gasteiger partial charge in [-0.2, -0.15) is 0 Å². The van der Waals surface area contributed by atoms with Crippen molar-refractivity contribution in [3.63, 3.8) is 0 Å². The summed E-state index contributed by atoms with van der Waals surface area (Å²) in [4.78, 5) is 4.47. The van der Waals surface area contributed by atoms with E-state index >= 15 is 0 Å². The lowest BCUT2D eigenvalue weighted by atomic mass is 10.2. The third-order valence-corrected chi connectivity index (χ3v) is 5.98. The summed E-state index contributed by atoms with van der Waals surface area (Å²) in [5, 5.41) is 5.79. The molecular weight excluding hydrogens is 374 g/mol. The minimum atomic E-state index is -3.56. The molecule has 2 aromatic rings. The van der Waals surface area contributed by atoms with Gasteiger partial charge < -0.3 is 5.32 Å². The Labute approximate surface area is 137 Å². The first-order valence-corrected chi connectivity index (χ1v) is 9.41. The number of nitrogens with zero attached hydrogens (tertiary/aromatic N) is 1. The first kappa shape index (κ1) is 16.6. The predicted molar refractivity (Wildman–Crippen MR) is 87.8 cm³/mol. The van der Waals surface area contributed by atoms with Crippen LogP contribution < -0.4 is 10.0 Å². The van der Waals surface area contributed by atoms with Crippen LogP contribution in [0.15, 0.2) is 32.9 Å². The van der Waals surface area contributed by atoms with Crippen LogP contribution in [0.1, 0.15) is 16.3 Å². The van der Waals surface area contributed by atoms with E-state index in [1.54, 1.807) is 18.2 Å². The molecule has 0 aliphatic heterocycles. The van der Waals surface area contributed by atoms with Crippen molar-refractivity contribution in [2.24, 2.45) is 0 Å². The summed E-state index contributed by atoms with van der Waals surface area (Å²) in [6.45, 7) is 2.77. The average molecular weight is 390 g/mol. The van der Waals surface area contributed by atoms with Crippen molar-refractivity contribution in [2.75, 3.05) is 7.05 Å². The second-order valence-corrected chi connectivity index (χ2v) is 8.13. The molecular formula is C13H16BrN3O2S2. The van der Waals surface area contributed by atoms with E-state index in [9.17, 15) is 8.42 Å². The number of nitrogens with one attached hydrogen (secondary N) is 2. The number of sulfonamides is 1. The van der Waals surface area contributed by atoms with Gasteiger partial charge in [-0.3, -0.25) is 0 Å². The molecule has 0 spiro atoms. The quantitative estimate of drug-likeness (QED) is 0.795. The van der Waals surface area contributed by atoms with Crippen molar-refractivity contribution in [2.45, 2.75) is 24.9 Å². The molecule has 0 saturated carbocycles. The molecule has 0 radical (unpaired) electrons. The zero-order valence-electron chi connectivity index (χ0n) is 11.7. The van der Waals surface area contributed by atoms with Crippen LogP contribution in [-0.4, -0.2) is 20.4 Å². The molecule has 1 aromatic carbocycles. The Morgan fingerprint density at radius 2 is 2.10 bits per heavy atom. The Balaban J connectivity index is 2.15. The van der Waals surface area contributed by atoms with Crippen LogP contribution in [0.5, 0.6) is 0 Å². The SMILES string of the molecule is CNCc1ccc(S(=O)(=O)NCc2csc(C)n2)c(Br)c1. The molecule has 0 bridgehead atoms. The van der Waals surface area contributed by atoms with Gasteiger partial charge in [0, 0.05) is 16.4 Å². The van der Waals surface area contributed by atoms with Crippen LogP contribution in [0.25, 0.3) is 0 Å². The van der Waals surface area contributed by atoms with Crippen LogP contribution in [0.3, 0.4) is 0 Å². The molecule has 0 atom stereocenters. The second-order valence-electron chi connectivity index (χ2n) is 4.48. The Hall–Kier alpha value is -0.800. The predicted octanol–water partition coefficient (Wildman–Crippen LogP) is 2.41. The van der Waals surface area contributed by atoms with Gasteiger partial charge in [0.15, 0.2) is 0 Å². The van der Waals surface area contributed by atoms with Gasteiger partial charge in [-0.1, -0.05) is 6.07 Å². The highest BCUT2D eigenvalue weighted by molar-refractivity contribution is 9.10. The van der Waals surface area contributed by atoms with Crippen LogP contribution in [0.2, 0.25) is 0 Å². The topological polar surface area (TPSA) is 71.1 Å². The summed E-state index contributed by atoms with van der Waals surface area (Å²) in [5.74, 6) is 0. The molecule has 0 amide bonds. The summed E-state index contributed by atoms with van der Waals surface area (Å²) >= 11 is 4.82. The van der Waals surface area contributed by atoms with E-state index in [4.69, 9.17) is 0 Å². The average Bonchev–Trinajstić information content (AvgIpc) is 2.83. The van der Waals surface area contributed by atoms with E-state index in [-0.39, 0.29) is 11.4 Å². The number of aryl methyl sites for hydroxylation is 1. The number of aromatic nitrogens is 1. The highest BCUT2D eigenvalue weighted by Crippen LogP contribution is 2.23. The summed E-state index contributed by atoms with van der Waals surface area (Å²) in [6, 6.07) is 5.20. The fraction of sp³-hybridized carbons (Fsp3) is 0.308. The van der Waals surface area contributed by atoms with E-state index in [1.165, 1.54) is 11.3 Å². The van der Waals surface area contributed by atoms with Crippen molar-refractivity contribution < 1.29 is 8.42 Å². The molecule has 0 fully saturated rings. The first-order chi connectivity index (χ1) is 9.92. The Kier molecular flexibility index (Phi) is 5.50. The lowest BCUT2D eigenvalue weighted by Crippen LogP contribution is -2.24. The zero-order valence-corrected chi connectivity index (χ0v) is 14.9. The van der Waals surface area contributed by atoms with E-state index < -0.39 is 10.0 Å². The Bertz CT molecular complexity index is 729.